The first kappa shape index (κ1) is 19.6. The number of carbonyl (C=O) groups excluding carboxylic acids is 1. The van der Waals surface area contributed by atoms with E-state index in [1.807, 2.05) is 13.0 Å². The number of alkyl halides is 4. The highest BCUT2D eigenvalue weighted by molar-refractivity contribution is 6.55. The predicted molar refractivity (Wildman–Crippen MR) is 97.2 cm³/mol. The zero-order chi connectivity index (χ0) is 21.4. The third-order valence-corrected chi connectivity index (χ3v) is 5.44. The van der Waals surface area contributed by atoms with Gasteiger partial charge in [-0.25, -0.2) is 0 Å². The van der Waals surface area contributed by atoms with E-state index in [4.69, 9.17) is 25.7 Å². The summed E-state index contributed by atoms with van der Waals surface area (Å²) in [5.41, 5.74) is -1.01. The number of ether oxygens (including phenoxy) is 1. The summed E-state index contributed by atoms with van der Waals surface area (Å²) in [7, 11) is 11.3. The highest BCUT2D eigenvalue weighted by atomic mass is 19.3. The molecule has 2 aromatic carbocycles. The molecule has 29 heavy (non-hydrogen) atoms. The lowest BCUT2D eigenvalue weighted by Gasteiger charge is -2.32. The van der Waals surface area contributed by atoms with Crippen LogP contribution in [0.3, 0.4) is 0 Å². The number of ketones is 1. The van der Waals surface area contributed by atoms with Crippen molar-refractivity contribution in [2.24, 2.45) is 0 Å². The Morgan fingerprint density at radius 3 is 2.48 bits per heavy atom. The minimum absolute atomic E-state index is 0.157. The summed E-state index contributed by atoms with van der Waals surface area (Å²) < 4.78 is 63.4. The van der Waals surface area contributed by atoms with Gasteiger partial charge in [-0.1, -0.05) is 6.92 Å². The molecule has 0 aliphatic heterocycles. The molecule has 0 bridgehead atoms. The Hall–Kier alpha value is -2.75. The summed E-state index contributed by atoms with van der Waals surface area (Å²) in [6.07, 6.45) is 0.580. The molecule has 4 rings (SSSR count). The first-order chi connectivity index (χ1) is 13.5. The van der Waals surface area contributed by atoms with Gasteiger partial charge in [-0.05, 0) is 53.1 Å². The summed E-state index contributed by atoms with van der Waals surface area (Å²) in [6, 6.07) is 8.40. The minimum Gasteiger partial charge on any atom is -0.457 e. The smallest absolute Gasteiger partial charge is 0.336 e. The number of nitrogens with zero attached hydrogens (tertiary/aromatic N) is 1. The molecule has 1 atom stereocenters. The number of carbonyl (C=O) groups is 1. The lowest BCUT2D eigenvalue weighted by Crippen LogP contribution is -2.43. The molecular weight excluding hydrogens is 384 g/mol. The van der Waals surface area contributed by atoms with Crippen molar-refractivity contribution in [3.8, 4) is 17.6 Å². The quantitative estimate of drug-likeness (QED) is 0.573. The maximum Gasteiger partial charge on any atom is 0.336 e. The van der Waals surface area contributed by atoms with Crippen LogP contribution in [0.1, 0.15) is 45.5 Å². The Morgan fingerprint density at radius 1 is 1.17 bits per heavy atom. The van der Waals surface area contributed by atoms with Gasteiger partial charge in [-0.3, -0.25) is 4.79 Å². The van der Waals surface area contributed by atoms with Crippen LogP contribution in [-0.4, -0.2) is 27.4 Å². The Kier molecular flexibility index (Phi) is 3.97. The Bertz CT molecular complexity index is 1110. The van der Waals surface area contributed by atoms with E-state index in [0.29, 0.717) is 6.42 Å². The number of aryl methyl sites for hydroxylation is 1. The van der Waals surface area contributed by atoms with Crippen LogP contribution in [0.4, 0.5) is 17.6 Å². The first-order valence-corrected chi connectivity index (χ1v) is 8.74. The van der Waals surface area contributed by atoms with Crippen LogP contribution in [-0.2, 0) is 12.3 Å². The molecule has 9 heteroatoms. The van der Waals surface area contributed by atoms with Crippen LogP contribution < -0.4 is 4.74 Å². The lowest BCUT2D eigenvalue weighted by atomic mass is 9.47. The van der Waals surface area contributed by atoms with E-state index in [1.165, 1.54) is 6.07 Å². The first-order valence-electron chi connectivity index (χ1n) is 8.74. The minimum atomic E-state index is -4.63. The van der Waals surface area contributed by atoms with Gasteiger partial charge in [0.1, 0.15) is 11.5 Å². The highest BCUT2D eigenvalue weighted by Gasteiger charge is 2.75. The number of rotatable bonds is 3. The summed E-state index contributed by atoms with van der Waals surface area (Å²) >= 11 is 0. The van der Waals surface area contributed by atoms with Gasteiger partial charge in [0.05, 0.1) is 38.8 Å². The van der Waals surface area contributed by atoms with Crippen LogP contribution in [0, 0.1) is 11.3 Å². The van der Waals surface area contributed by atoms with Crippen molar-refractivity contribution in [1.29, 1.82) is 5.26 Å². The van der Waals surface area contributed by atoms with Crippen molar-refractivity contribution in [3.63, 3.8) is 0 Å². The maximum atomic E-state index is 14.5. The zero-order valence-electron chi connectivity index (χ0n) is 15.1. The number of hydrogen-bond donors (Lipinski definition) is 0. The van der Waals surface area contributed by atoms with Gasteiger partial charge in [0.25, 0.3) is 0 Å². The summed E-state index contributed by atoms with van der Waals surface area (Å²) in [6.45, 7) is 1.85. The van der Waals surface area contributed by atoms with E-state index in [9.17, 15) is 22.4 Å². The second-order valence-corrected chi connectivity index (χ2v) is 7.23. The van der Waals surface area contributed by atoms with Crippen molar-refractivity contribution in [3.05, 3.63) is 58.1 Å². The van der Waals surface area contributed by atoms with E-state index >= 15 is 0 Å². The zero-order valence-corrected chi connectivity index (χ0v) is 15.1. The fourth-order valence-corrected chi connectivity index (χ4v) is 4.04. The average Bonchev–Trinajstić information content (AvgIpc) is 2.97. The largest absolute Gasteiger partial charge is 0.457 e. The highest BCUT2D eigenvalue weighted by Crippen LogP contribution is 2.69. The molecule has 0 saturated carbocycles. The van der Waals surface area contributed by atoms with E-state index < -0.39 is 45.5 Å². The van der Waals surface area contributed by atoms with Crippen molar-refractivity contribution >= 4 is 21.5 Å². The molecule has 0 heterocycles. The predicted octanol–water partition coefficient (Wildman–Crippen LogP) is 4.39. The fraction of sp³-hybridized carbons (Fsp3) is 0.300. The van der Waals surface area contributed by atoms with Gasteiger partial charge in [0.15, 0.2) is 5.78 Å². The van der Waals surface area contributed by atoms with E-state index in [0.717, 1.165) is 17.7 Å². The second kappa shape index (κ2) is 5.88. The number of Topliss-reactive ketones (excluding diaryl/α,β-unsaturated/α-hetero) is 1. The van der Waals surface area contributed by atoms with Crippen LogP contribution in [0.25, 0.3) is 0 Å². The Labute approximate surface area is 166 Å². The van der Waals surface area contributed by atoms with Crippen LogP contribution in [0.15, 0.2) is 30.3 Å². The monoisotopic (exact) mass is 395 g/mol. The number of benzene rings is 2. The number of nitriles is 1. The van der Waals surface area contributed by atoms with Gasteiger partial charge in [0, 0.05) is 5.56 Å². The maximum absolute atomic E-state index is 14.5. The molecule has 0 aromatic heterocycles. The molecule has 0 spiro atoms. The molecule has 2 aliphatic rings. The van der Waals surface area contributed by atoms with E-state index in [2.05, 4.69) is 0 Å². The normalized spacial score (nSPS) is 22.2. The van der Waals surface area contributed by atoms with Gasteiger partial charge in [-0.2, -0.15) is 22.8 Å². The van der Waals surface area contributed by atoms with Crippen LogP contribution >= 0.6 is 0 Å². The molecule has 2 aliphatic carbocycles. The Balaban J connectivity index is 1.90. The van der Waals surface area contributed by atoms with Gasteiger partial charge < -0.3 is 4.74 Å². The molecule has 1 unspecified atom stereocenters. The van der Waals surface area contributed by atoms with Crippen LogP contribution in [0.5, 0.6) is 11.5 Å². The van der Waals surface area contributed by atoms with Crippen molar-refractivity contribution in [1.82, 2.24) is 0 Å². The van der Waals surface area contributed by atoms with E-state index in [-0.39, 0.29) is 17.1 Å². The molecule has 2 aromatic rings. The SMILES string of the molecule is [B]C1([B])C(=O)c2c(Oc3cc(C#N)cc(CC)c3)ccc3c2C1C(F)(F)C3(F)F. The molecular formula is C20H11B2F4NO2. The second-order valence-electron chi connectivity index (χ2n) is 7.23. The molecule has 0 fully saturated rings. The molecule has 0 saturated heterocycles. The lowest BCUT2D eigenvalue weighted by molar-refractivity contribution is -0.215. The third kappa shape index (κ3) is 2.41. The summed E-state index contributed by atoms with van der Waals surface area (Å²) in [5.74, 6) is -12.7. The molecule has 142 valence electrons. The molecule has 3 nitrogen and oxygen atoms in total. The standard InChI is InChI=1S/C20H11B2F4NO2/c1-2-9-5-10(8-27)7-11(6-9)29-13-4-3-12-14-15(13)17(28)18(21,22)16(14)20(25,26)19(12,23)24/h3-7,16H,2H2,1H3. The fourth-order valence-electron chi connectivity index (χ4n) is 4.04. The molecule has 0 amide bonds. The third-order valence-electron chi connectivity index (χ3n) is 5.44. The molecule has 4 radical (unpaired) electrons. The number of halogens is 4. The topological polar surface area (TPSA) is 50.1 Å². The van der Waals surface area contributed by atoms with Crippen LogP contribution in [0.2, 0.25) is 5.21 Å². The van der Waals surface area contributed by atoms with Gasteiger partial charge in [-0.15, -0.1) is 0 Å². The summed E-state index contributed by atoms with van der Waals surface area (Å²) in [5, 5.41) is 6.44. The Morgan fingerprint density at radius 2 is 1.86 bits per heavy atom. The van der Waals surface area contributed by atoms with Gasteiger partial charge in [0.2, 0.25) is 0 Å². The summed E-state index contributed by atoms with van der Waals surface area (Å²) in [4.78, 5) is 12.7. The van der Waals surface area contributed by atoms with Crippen molar-refractivity contribution in [2.75, 3.05) is 0 Å². The van der Waals surface area contributed by atoms with Crippen molar-refractivity contribution < 1.29 is 27.1 Å². The number of hydrogen-bond acceptors (Lipinski definition) is 3. The van der Waals surface area contributed by atoms with Gasteiger partial charge >= 0.3 is 11.8 Å². The molecule has 0 N–H and O–H groups in total. The van der Waals surface area contributed by atoms with Crippen molar-refractivity contribution in [2.45, 2.75) is 36.3 Å². The average molecular weight is 395 g/mol. The van der Waals surface area contributed by atoms with E-state index in [1.54, 1.807) is 12.1 Å².